The van der Waals surface area contributed by atoms with Gasteiger partial charge in [0.1, 0.15) is 0 Å². The number of aryl methyl sites for hydroxylation is 2. The molecule has 0 unspecified atom stereocenters. The molecule has 0 fully saturated rings. The molecular weight excluding hydrogens is 296 g/mol. The molecule has 0 aliphatic rings. The fraction of sp³-hybridized carbons (Fsp3) is 0.455. The second-order valence-corrected chi connectivity index (χ2v) is 9.47. The predicted octanol–water partition coefficient (Wildman–Crippen LogP) is 6.65. The van der Waals surface area contributed by atoms with E-state index in [1.54, 1.807) is 0 Å². The standard InChI is InChI=1S/C22H28S/c1-15-9-11-17(21(3,4)5)13-19(15)23-20-14-18(22(6,7)8)12-10-16(20)2/h9-10,13-14H,1-8H3. The Hall–Kier alpha value is -1.21. The highest BCUT2D eigenvalue weighted by Gasteiger charge is 2.18. The minimum Gasteiger partial charge on any atom is -0.0895 e. The van der Waals surface area contributed by atoms with Crippen LogP contribution in [0.1, 0.15) is 63.8 Å². The summed E-state index contributed by atoms with van der Waals surface area (Å²) in [5.74, 6) is 0. The van der Waals surface area contributed by atoms with Crippen molar-refractivity contribution < 1.29 is 0 Å². The van der Waals surface area contributed by atoms with Crippen molar-refractivity contribution >= 4 is 11.8 Å². The Morgan fingerprint density at radius 1 is 0.696 bits per heavy atom. The monoisotopic (exact) mass is 324 g/mol. The summed E-state index contributed by atoms with van der Waals surface area (Å²) < 4.78 is 0. The van der Waals surface area contributed by atoms with Crippen LogP contribution >= 0.6 is 11.8 Å². The number of hydrogen-bond donors (Lipinski definition) is 0. The van der Waals surface area contributed by atoms with Gasteiger partial charge in [0.05, 0.1) is 0 Å². The fourth-order valence-electron chi connectivity index (χ4n) is 2.29. The molecule has 2 aromatic rings. The summed E-state index contributed by atoms with van der Waals surface area (Å²) in [6.45, 7) is 17.8. The average molecular weight is 325 g/mol. The van der Waals surface area contributed by atoms with Gasteiger partial charge in [-0.2, -0.15) is 0 Å². The van der Waals surface area contributed by atoms with E-state index in [-0.39, 0.29) is 10.8 Å². The maximum atomic E-state index is 3.43. The molecule has 2 rings (SSSR count). The van der Waals surface area contributed by atoms with Gasteiger partial charge in [0.2, 0.25) is 0 Å². The van der Waals surface area contributed by atoms with Gasteiger partial charge in [-0.15, -0.1) is 0 Å². The highest BCUT2D eigenvalue weighted by molar-refractivity contribution is 7.99. The third kappa shape index (κ3) is 4.41. The third-order valence-corrected chi connectivity index (χ3v) is 5.37. The van der Waals surface area contributed by atoms with E-state index < -0.39 is 0 Å². The van der Waals surface area contributed by atoms with Crippen LogP contribution in [0.3, 0.4) is 0 Å². The molecule has 0 aliphatic carbocycles. The van der Waals surface area contributed by atoms with Crippen molar-refractivity contribution in [3.8, 4) is 0 Å². The van der Waals surface area contributed by atoms with Gasteiger partial charge in [-0.05, 0) is 71.2 Å². The summed E-state index contributed by atoms with van der Waals surface area (Å²) in [5.41, 5.74) is 5.35. The van der Waals surface area contributed by atoms with Crippen LogP contribution in [0.5, 0.6) is 0 Å². The molecule has 0 aromatic heterocycles. The summed E-state index contributed by atoms with van der Waals surface area (Å²) in [4.78, 5) is 2.64. The van der Waals surface area contributed by atoms with Gasteiger partial charge in [0.25, 0.3) is 0 Å². The van der Waals surface area contributed by atoms with E-state index in [0.29, 0.717) is 0 Å². The molecule has 2 aromatic carbocycles. The molecule has 1 heteroatoms. The highest BCUT2D eigenvalue weighted by Crippen LogP contribution is 2.37. The first-order chi connectivity index (χ1) is 10.5. The van der Waals surface area contributed by atoms with Crippen LogP contribution in [0.2, 0.25) is 0 Å². The number of rotatable bonds is 2. The van der Waals surface area contributed by atoms with Gasteiger partial charge in [-0.1, -0.05) is 65.4 Å². The minimum absolute atomic E-state index is 0.124. The van der Waals surface area contributed by atoms with Crippen molar-refractivity contribution in [2.24, 2.45) is 0 Å². The van der Waals surface area contributed by atoms with E-state index in [9.17, 15) is 0 Å². The first kappa shape index (κ1) is 18.1. The molecule has 0 spiro atoms. The average Bonchev–Trinajstić information content (AvgIpc) is 2.41. The molecule has 0 amide bonds. The second kappa shape index (κ2) is 6.36. The van der Waals surface area contributed by atoms with Crippen molar-refractivity contribution in [3.63, 3.8) is 0 Å². The molecule has 0 bridgehead atoms. The van der Waals surface area contributed by atoms with E-state index in [1.165, 1.54) is 32.0 Å². The summed E-state index contributed by atoms with van der Waals surface area (Å²) in [5, 5.41) is 0. The molecule has 2 radical (unpaired) electrons. The van der Waals surface area contributed by atoms with Gasteiger partial charge >= 0.3 is 0 Å². The molecule has 0 saturated carbocycles. The van der Waals surface area contributed by atoms with Gasteiger partial charge in [0.15, 0.2) is 0 Å². The zero-order valence-corrected chi connectivity index (χ0v) is 16.5. The lowest BCUT2D eigenvalue weighted by molar-refractivity contribution is 0.587. The van der Waals surface area contributed by atoms with Crippen LogP contribution in [0, 0.1) is 26.0 Å². The van der Waals surface area contributed by atoms with Crippen molar-refractivity contribution in [1.29, 1.82) is 0 Å². The van der Waals surface area contributed by atoms with Gasteiger partial charge in [0, 0.05) is 9.79 Å². The van der Waals surface area contributed by atoms with E-state index in [0.717, 1.165) is 0 Å². The van der Waals surface area contributed by atoms with Gasteiger partial charge in [-0.25, -0.2) is 0 Å². The third-order valence-electron chi connectivity index (χ3n) is 4.05. The second-order valence-electron chi connectivity index (χ2n) is 8.39. The molecule has 122 valence electrons. The van der Waals surface area contributed by atoms with Crippen molar-refractivity contribution in [1.82, 2.24) is 0 Å². The van der Waals surface area contributed by atoms with Crippen LogP contribution in [-0.4, -0.2) is 0 Å². The molecule has 0 saturated heterocycles. The first-order valence-electron chi connectivity index (χ1n) is 8.22. The molecule has 0 aliphatic heterocycles. The maximum Gasteiger partial charge on any atom is 0.0155 e. The van der Waals surface area contributed by atoms with Crippen LogP contribution in [0.25, 0.3) is 0 Å². The zero-order chi connectivity index (χ0) is 17.4. The van der Waals surface area contributed by atoms with E-state index in [1.807, 2.05) is 11.8 Å². The molecular formula is C22H28S. The van der Waals surface area contributed by atoms with Crippen molar-refractivity contribution in [2.75, 3.05) is 0 Å². The highest BCUT2D eigenvalue weighted by atomic mass is 32.2. The zero-order valence-electron chi connectivity index (χ0n) is 15.7. The summed E-state index contributed by atoms with van der Waals surface area (Å²) in [6, 6.07) is 15.7. The van der Waals surface area contributed by atoms with Crippen molar-refractivity contribution in [2.45, 2.75) is 76.0 Å². The summed E-state index contributed by atoms with van der Waals surface area (Å²) in [7, 11) is 0. The van der Waals surface area contributed by atoms with E-state index in [2.05, 4.69) is 91.8 Å². The van der Waals surface area contributed by atoms with Crippen molar-refractivity contribution in [3.05, 3.63) is 58.7 Å². The van der Waals surface area contributed by atoms with Crippen LogP contribution < -0.4 is 0 Å². The Morgan fingerprint density at radius 2 is 1.04 bits per heavy atom. The lowest BCUT2D eigenvalue weighted by Gasteiger charge is -2.22. The SMILES string of the molecule is Cc1c[c]c(C(C)(C)C)cc1Sc1cc(C(C)(C)C)[c]cc1C. The molecule has 0 N–H and O–H groups in total. The minimum atomic E-state index is 0.124. The Balaban J connectivity index is 2.43. The Bertz CT molecular complexity index is 635. The largest absolute Gasteiger partial charge is 0.0895 e. The Morgan fingerprint density at radius 3 is 1.35 bits per heavy atom. The molecule has 0 atom stereocenters. The molecule has 0 nitrogen and oxygen atoms in total. The molecule has 23 heavy (non-hydrogen) atoms. The summed E-state index contributed by atoms with van der Waals surface area (Å²) in [6.07, 6.45) is 0. The smallest absolute Gasteiger partial charge is 0.0155 e. The number of benzene rings is 2. The lowest BCUT2D eigenvalue weighted by atomic mass is 9.87. The quantitative estimate of drug-likeness (QED) is 0.596. The van der Waals surface area contributed by atoms with Crippen LogP contribution in [0.15, 0.2) is 34.1 Å². The lowest BCUT2D eigenvalue weighted by Crippen LogP contribution is -2.12. The van der Waals surface area contributed by atoms with Crippen LogP contribution in [0.4, 0.5) is 0 Å². The Kier molecular flexibility index (Phi) is 5.01. The first-order valence-corrected chi connectivity index (χ1v) is 9.03. The van der Waals surface area contributed by atoms with Gasteiger partial charge < -0.3 is 0 Å². The normalized spacial score (nSPS) is 12.5. The van der Waals surface area contributed by atoms with E-state index >= 15 is 0 Å². The fourth-order valence-corrected chi connectivity index (χ4v) is 3.32. The molecule has 0 heterocycles. The van der Waals surface area contributed by atoms with Gasteiger partial charge in [-0.3, -0.25) is 0 Å². The number of hydrogen-bond acceptors (Lipinski definition) is 1. The van der Waals surface area contributed by atoms with E-state index in [4.69, 9.17) is 0 Å². The summed E-state index contributed by atoms with van der Waals surface area (Å²) >= 11 is 1.86. The maximum absolute atomic E-state index is 3.43. The predicted molar refractivity (Wildman–Crippen MR) is 102 cm³/mol. The Labute approximate surface area is 146 Å². The van der Waals surface area contributed by atoms with Crippen LogP contribution in [-0.2, 0) is 10.8 Å². The topological polar surface area (TPSA) is 0 Å².